The highest BCUT2D eigenvalue weighted by Gasteiger charge is 2.53. The smallest absolute Gasteiger partial charge is 0.302 e. The Morgan fingerprint density at radius 2 is 1.82 bits per heavy atom. The van der Waals surface area contributed by atoms with Gasteiger partial charge in [-0.05, 0) is 43.4 Å². The molecule has 0 radical (unpaired) electrons. The maximum Gasteiger partial charge on any atom is 0.302 e. The molecule has 0 spiro atoms. The predicted octanol–water partition coefficient (Wildman–Crippen LogP) is 3.93. The molecule has 2 nitrogen and oxygen atoms in total. The molecule has 0 heterocycles. The van der Waals surface area contributed by atoms with E-state index in [0.29, 0.717) is 11.3 Å². The summed E-state index contributed by atoms with van der Waals surface area (Å²) in [6, 6.07) is 0. The van der Waals surface area contributed by atoms with Crippen LogP contribution in [0, 0.1) is 16.7 Å². The van der Waals surface area contributed by atoms with Crippen molar-refractivity contribution in [2.75, 3.05) is 0 Å². The predicted molar refractivity (Wildman–Crippen MR) is 68.6 cm³/mol. The summed E-state index contributed by atoms with van der Waals surface area (Å²) in [5.74, 6) is 0.599. The van der Waals surface area contributed by atoms with Gasteiger partial charge in [0.25, 0.3) is 0 Å². The van der Waals surface area contributed by atoms with Gasteiger partial charge in [-0.25, -0.2) is 0 Å². The number of fused-ring (bicyclic) bond motifs is 1. The summed E-state index contributed by atoms with van der Waals surface area (Å²) in [6.45, 7) is 8.68. The molecule has 2 rings (SSSR count). The van der Waals surface area contributed by atoms with Crippen LogP contribution in [0.5, 0.6) is 0 Å². The lowest BCUT2D eigenvalue weighted by Gasteiger charge is -2.56. The van der Waals surface area contributed by atoms with Gasteiger partial charge in [-0.3, -0.25) is 4.79 Å². The van der Waals surface area contributed by atoms with Crippen LogP contribution < -0.4 is 0 Å². The molecule has 0 saturated heterocycles. The number of ether oxygens (including phenoxy) is 1. The van der Waals surface area contributed by atoms with Gasteiger partial charge >= 0.3 is 5.97 Å². The highest BCUT2D eigenvalue weighted by molar-refractivity contribution is 5.66. The van der Waals surface area contributed by atoms with Crippen molar-refractivity contribution in [3.63, 3.8) is 0 Å². The largest absolute Gasteiger partial charge is 0.462 e. The van der Waals surface area contributed by atoms with Crippen molar-refractivity contribution in [1.29, 1.82) is 0 Å². The third-order valence-corrected chi connectivity index (χ3v) is 5.28. The van der Waals surface area contributed by atoms with E-state index >= 15 is 0 Å². The van der Waals surface area contributed by atoms with Crippen LogP contribution in [-0.4, -0.2) is 12.1 Å². The van der Waals surface area contributed by atoms with E-state index < -0.39 is 0 Å². The van der Waals surface area contributed by atoms with Crippen LogP contribution in [0.15, 0.2) is 0 Å². The molecule has 3 unspecified atom stereocenters. The Morgan fingerprint density at radius 3 is 2.47 bits per heavy atom. The zero-order valence-corrected chi connectivity index (χ0v) is 11.7. The fraction of sp³-hybridized carbons (Fsp3) is 0.933. The summed E-state index contributed by atoms with van der Waals surface area (Å²) in [5, 5.41) is 0. The van der Waals surface area contributed by atoms with Crippen molar-refractivity contribution < 1.29 is 9.53 Å². The molecule has 17 heavy (non-hydrogen) atoms. The molecule has 0 aromatic heterocycles. The first kappa shape index (κ1) is 12.9. The van der Waals surface area contributed by atoms with E-state index in [9.17, 15) is 4.79 Å². The Labute approximate surface area is 105 Å². The van der Waals surface area contributed by atoms with E-state index in [2.05, 4.69) is 20.8 Å². The summed E-state index contributed by atoms with van der Waals surface area (Å²) in [6.07, 6.45) is 7.54. The summed E-state index contributed by atoms with van der Waals surface area (Å²) in [4.78, 5) is 11.3. The third kappa shape index (κ3) is 2.23. The molecular weight excluding hydrogens is 212 g/mol. The van der Waals surface area contributed by atoms with E-state index in [4.69, 9.17) is 4.74 Å². The van der Waals surface area contributed by atoms with E-state index in [1.54, 1.807) is 6.92 Å². The van der Waals surface area contributed by atoms with Gasteiger partial charge in [0.05, 0.1) is 0 Å². The van der Waals surface area contributed by atoms with Gasteiger partial charge in [0, 0.05) is 12.3 Å². The fourth-order valence-corrected chi connectivity index (χ4v) is 4.50. The lowest BCUT2D eigenvalue weighted by atomic mass is 9.51. The second-order valence-corrected chi connectivity index (χ2v) is 6.93. The Hall–Kier alpha value is -0.530. The highest BCUT2D eigenvalue weighted by atomic mass is 16.5. The van der Waals surface area contributed by atoms with Crippen LogP contribution >= 0.6 is 0 Å². The number of carbonyl (C=O) groups excluding carboxylic acids is 1. The quantitative estimate of drug-likeness (QED) is 0.647. The van der Waals surface area contributed by atoms with Crippen molar-refractivity contribution in [2.24, 2.45) is 16.7 Å². The SMILES string of the molecule is CC(=O)OC1CCCC2C(C)(C)CCCC12C. The topological polar surface area (TPSA) is 26.3 Å². The molecule has 3 atom stereocenters. The summed E-state index contributed by atoms with van der Waals surface area (Å²) >= 11 is 0. The fourth-order valence-electron chi connectivity index (χ4n) is 4.50. The van der Waals surface area contributed by atoms with Crippen LogP contribution in [0.2, 0.25) is 0 Å². The molecule has 2 saturated carbocycles. The first-order valence-corrected chi connectivity index (χ1v) is 7.03. The first-order valence-electron chi connectivity index (χ1n) is 7.03. The average Bonchev–Trinajstić information content (AvgIpc) is 2.18. The molecule has 0 amide bonds. The highest BCUT2D eigenvalue weighted by Crippen LogP contribution is 2.58. The van der Waals surface area contributed by atoms with Gasteiger partial charge < -0.3 is 4.74 Å². The lowest BCUT2D eigenvalue weighted by molar-refractivity contribution is -0.171. The molecule has 2 aliphatic rings. The van der Waals surface area contributed by atoms with Gasteiger partial charge in [0.15, 0.2) is 0 Å². The number of rotatable bonds is 1. The number of carbonyl (C=O) groups is 1. The normalized spacial score (nSPS) is 40.5. The van der Waals surface area contributed by atoms with Crippen LogP contribution in [0.4, 0.5) is 0 Å². The number of esters is 1. The van der Waals surface area contributed by atoms with Crippen molar-refractivity contribution in [2.45, 2.75) is 72.3 Å². The van der Waals surface area contributed by atoms with Gasteiger partial charge in [0.2, 0.25) is 0 Å². The van der Waals surface area contributed by atoms with Crippen molar-refractivity contribution in [1.82, 2.24) is 0 Å². The van der Waals surface area contributed by atoms with E-state index in [1.165, 1.54) is 32.1 Å². The van der Waals surface area contributed by atoms with Crippen molar-refractivity contribution in [3.8, 4) is 0 Å². The van der Waals surface area contributed by atoms with Crippen molar-refractivity contribution >= 4 is 5.97 Å². The minimum absolute atomic E-state index is 0.111. The molecule has 98 valence electrons. The molecule has 0 aromatic carbocycles. The maximum atomic E-state index is 11.3. The molecule has 2 fully saturated rings. The molecule has 2 heteroatoms. The van der Waals surface area contributed by atoms with Crippen LogP contribution in [0.3, 0.4) is 0 Å². The second kappa shape index (κ2) is 4.29. The monoisotopic (exact) mass is 238 g/mol. The van der Waals surface area contributed by atoms with E-state index in [0.717, 1.165) is 6.42 Å². The zero-order valence-electron chi connectivity index (χ0n) is 11.7. The first-order chi connectivity index (χ1) is 7.86. The van der Waals surface area contributed by atoms with E-state index in [1.807, 2.05) is 0 Å². The average molecular weight is 238 g/mol. The Kier molecular flexibility index (Phi) is 3.26. The molecule has 0 N–H and O–H groups in total. The standard InChI is InChI=1S/C15H26O2/c1-11(16)17-13-8-5-7-12-14(2,3)9-6-10-15(12,13)4/h12-13H,5-10H2,1-4H3. The van der Waals surface area contributed by atoms with Gasteiger partial charge in [-0.15, -0.1) is 0 Å². The molecule has 0 bridgehead atoms. The van der Waals surface area contributed by atoms with Crippen molar-refractivity contribution in [3.05, 3.63) is 0 Å². The van der Waals surface area contributed by atoms with Crippen LogP contribution in [0.25, 0.3) is 0 Å². The van der Waals surface area contributed by atoms with Crippen LogP contribution in [0.1, 0.15) is 66.2 Å². The lowest BCUT2D eigenvalue weighted by Crippen LogP contribution is -2.52. The second-order valence-electron chi connectivity index (χ2n) is 6.93. The molecule has 0 aliphatic heterocycles. The Morgan fingerprint density at radius 1 is 1.12 bits per heavy atom. The third-order valence-electron chi connectivity index (χ3n) is 5.28. The molecule has 0 aromatic rings. The van der Waals surface area contributed by atoms with Gasteiger partial charge in [-0.1, -0.05) is 27.2 Å². The Balaban J connectivity index is 2.24. The van der Waals surface area contributed by atoms with Gasteiger partial charge in [0.1, 0.15) is 6.10 Å². The minimum Gasteiger partial charge on any atom is -0.462 e. The molecular formula is C15H26O2. The number of hydrogen-bond acceptors (Lipinski definition) is 2. The molecule has 2 aliphatic carbocycles. The van der Waals surface area contributed by atoms with E-state index in [-0.39, 0.29) is 17.5 Å². The van der Waals surface area contributed by atoms with Crippen LogP contribution in [-0.2, 0) is 9.53 Å². The number of hydrogen-bond donors (Lipinski definition) is 0. The minimum atomic E-state index is -0.111. The zero-order chi connectivity index (χ0) is 12.7. The maximum absolute atomic E-state index is 11.3. The Bertz CT molecular complexity index is 308. The summed E-state index contributed by atoms with van der Waals surface area (Å²) in [5.41, 5.74) is 0.623. The van der Waals surface area contributed by atoms with Gasteiger partial charge in [-0.2, -0.15) is 0 Å². The summed E-state index contributed by atoms with van der Waals surface area (Å²) in [7, 11) is 0. The summed E-state index contributed by atoms with van der Waals surface area (Å²) < 4.78 is 5.62.